The molecule has 0 aliphatic carbocycles. The van der Waals surface area contributed by atoms with Crippen LogP contribution in [0.15, 0.2) is 30.3 Å². The molecule has 48 heavy (non-hydrogen) atoms. The summed E-state index contributed by atoms with van der Waals surface area (Å²) in [6.07, 6.45) is 30.0. The van der Waals surface area contributed by atoms with Gasteiger partial charge in [0, 0.05) is 26.3 Å². The lowest BCUT2D eigenvalue weighted by molar-refractivity contribution is -0.123. The number of ether oxygens (including phenoxy) is 2. The average molecular weight is 675 g/mol. The van der Waals surface area contributed by atoms with Crippen LogP contribution in [-0.4, -0.2) is 56.1 Å². The van der Waals surface area contributed by atoms with Gasteiger partial charge in [0.1, 0.15) is 0 Å². The normalized spacial score (nSPS) is 12.5. The third-order valence-corrected chi connectivity index (χ3v) is 9.28. The lowest BCUT2D eigenvalue weighted by Gasteiger charge is -2.22. The summed E-state index contributed by atoms with van der Waals surface area (Å²) >= 11 is 0. The molecule has 0 heterocycles. The molecule has 1 aromatic carbocycles. The van der Waals surface area contributed by atoms with Crippen LogP contribution in [0.4, 0.5) is 4.79 Å². The van der Waals surface area contributed by atoms with Gasteiger partial charge in [0.25, 0.3) is 0 Å². The van der Waals surface area contributed by atoms with Crippen molar-refractivity contribution in [3.63, 3.8) is 0 Å². The summed E-state index contributed by atoms with van der Waals surface area (Å²) in [6.45, 7) is 6.70. The Labute approximate surface area is 295 Å². The fraction of sp³-hybridized carbons (Fsp3) is 0.805. The number of hydrogen-bond donors (Lipinski definition) is 3. The predicted molar refractivity (Wildman–Crippen MR) is 201 cm³/mol. The molecule has 0 bridgehead atoms. The van der Waals surface area contributed by atoms with E-state index in [9.17, 15) is 9.59 Å². The molecule has 278 valence electrons. The maximum atomic E-state index is 13.2. The Balaban J connectivity index is 2.37. The maximum absolute atomic E-state index is 13.2. The largest absolute Gasteiger partial charge is 0.465 e. The van der Waals surface area contributed by atoms with Crippen molar-refractivity contribution in [2.75, 3.05) is 32.9 Å². The molecule has 2 amide bonds. The minimum atomic E-state index is -1.14. The van der Waals surface area contributed by atoms with Crippen LogP contribution >= 0.6 is 0 Å². The first-order chi connectivity index (χ1) is 23.6. The van der Waals surface area contributed by atoms with E-state index >= 15 is 0 Å². The number of benzene rings is 1. The standard InChI is InChI=1S/C41H74N2O5/c1-3-5-7-9-11-13-15-17-19-21-23-28-32-47-36-38(48-33-29-24-22-20-18-16-14-12-10-8-6-4-2)34-42-40(44)39(35-43-41(45)46)37-30-26-25-27-31-37/h25-27,30-31,38-39,43H,3-24,28-29,32-36H2,1-2H3,(H,42,44)(H,45,46). The molecule has 0 saturated heterocycles. The molecular weight excluding hydrogens is 600 g/mol. The Bertz CT molecular complexity index is 853. The lowest BCUT2D eigenvalue weighted by Crippen LogP contribution is -2.42. The van der Waals surface area contributed by atoms with E-state index in [0.29, 0.717) is 26.4 Å². The van der Waals surface area contributed by atoms with Crippen molar-refractivity contribution in [3.8, 4) is 0 Å². The number of unbranched alkanes of at least 4 members (excludes halogenated alkanes) is 22. The van der Waals surface area contributed by atoms with Crippen LogP contribution in [0.5, 0.6) is 0 Å². The maximum Gasteiger partial charge on any atom is 0.404 e. The first-order valence-electron chi connectivity index (χ1n) is 20.1. The highest BCUT2D eigenvalue weighted by molar-refractivity contribution is 5.84. The van der Waals surface area contributed by atoms with Crippen LogP contribution in [-0.2, 0) is 14.3 Å². The van der Waals surface area contributed by atoms with Crippen LogP contribution in [0.25, 0.3) is 0 Å². The van der Waals surface area contributed by atoms with Crippen LogP contribution in [0.3, 0.4) is 0 Å². The van der Waals surface area contributed by atoms with Gasteiger partial charge in [-0.1, -0.05) is 185 Å². The highest BCUT2D eigenvalue weighted by atomic mass is 16.5. The number of carbonyl (C=O) groups is 2. The zero-order chi connectivity index (χ0) is 34.8. The molecule has 1 aromatic rings. The van der Waals surface area contributed by atoms with Gasteiger partial charge in [0.05, 0.1) is 18.6 Å². The second kappa shape index (κ2) is 33.4. The molecule has 7 heteroatoms. The molecule has 0 fully saturated rings. The Morgan fingerprint density at radius 1 is 0.583 bits per heavy atom. The third-order valence-electron chi connectivity index (χ3n) is 9.28. The minimum absolute atomic E-state index is 0.0189. The number of amides is 2. The van der Waals surface area contributed by atoms with Gasteiger partial charge < -0.3 is 25.2 Å². The zero-order valence-corrected chi connectivity index (χ0v) is 31.1. The van der Waals surface area contributed by atoms with Gasteiger partial charge in [0.15, 0.2) is 0 Å². The Kier molecular flexibility index (Phi) is 30.5. The lowest BCUT2D eigenvalue weighted by atomic mass is 9.98. The summed E-state index contributed by atoms with van der Waals surface area (Å²) in [5.41, 5.74) is 0.779. The van der Waals surface area contributed by atoms with Crippen LogP contribution in [0.2, 0.25) is 0 Å². The number of carboxylic acid groups (broad SMARTS) is 1. The summed E-state index contributed by atoms with van der Waals surface area (Å²) in [5.74, 6) is -0.823. The van der Waals surface area contributed by atoms with Gasteiger partial charge in [-0.05, 0) is 18.4 Å². The van der Waals surface area contributed by atoms with E-state index < -0.39 is 12.0 Å². The van der Waals surface area contributed by atoms with Crippen LogP contribution in [0.1, 0.15) is 179 Å². The minimum Gasteiger partial charge on any atom is -0.465 e. The molecular formula is C41H74N2O5. The van der Waals surface area contributed by atoms with Crippen LogP contribution < -0.4 is 10.6 Å². The fourth-order valence-corrected chi connectivity index (χ4v) is 6.19. The van der Waals surface area contributed by atoms with Gasteiger partial charge in [-0.2, -0.15) is 0 Å². The van der Waals surface area contributed by atoms with Crippen molar-refractivity contribution in [2.45, 2.75) is 180 Å². The Morgan fingerprint density at radius 2 is 1.02 bits per heavy atom. The van der Waals surface area contributed by atoms with E-state index in [1.807, 2.05) is 30.3 Å². The van der Waals surface area contributed by atoms with E-state index in [1.165, 1.54) is 135 Å². The van der Waals surface area contributed by atoms with Crippen LogP contribution in [0, 0.1) is 0 Å². The quantitative estimate of drug-likeness (QED) is 0.0623. The summed E-state index contributed by atoms with van der Waals surface area (Å²) < 4.78 is 12.3. The molecule has 0 aliphatic rings. The number of carbonyl (C=O) groups excluding carboxylic acids is 1. The SMILES string of the molecule is CCCCCCCCCCCCCCOCC(CNC(=O)C(CNC(=O)O)c1ccccc1)OCCCCCCCCCCCCCC. The smallest absolute Gasteiger partial charge is 0.404 e. The van der Waals surface area contributed by atoms with E-state index in [1.54, 1.807) is 0 Å². The molecule has 2 atom stereocenters. The summed E-state index contributed by atoms with van der Waals surface area (Å²) in [5, 5.41) is 14.5. The summed E-state index contributed by atoms with van der Waals surface area (Å²) in [6, 6.07) is 9.32. The number of hydrogen-bond acceptors (Lipinski definition) is 4. The zero-order valence-electron chi connectivity index (χ0n) is 31.1. The molecule has 0 radical (unpaired) electrons. The number of nitrogens with one attached hydrogen (secondary N) is 2. The summed E-state index contributed by atoms with van der Waals surface area (Å²) in [7, 11) is 0. The van der Waals surface area contributed by atoms with Crippen molar-refractivity contribution in [2.24, 2.45) is 0 Å². The first-order valence-corrected chi connectivity index (χ1v) is 20.1. The molecule has 0 spiro atoms. The predicted octanol–water partition coefficient (Wildman–Crippen LogP) is 11.0. The van der Waals surface area contributed by atoms with Crippen molar-refractivity contribution in [1.82, 2.24) is 10.6 Å². The molecule has 0 saturated carbocycles. The fourth-order valence-electron chi connectivity index (χ4n) is 6.19. The van der Waals surface area contributed by atoms with Crippen molar-refractivity contribution in [1.29, 1.82) is 0 Å². The van der Waals surface area contributed by atoms with Gasteiger partial charge in [-0.3, -0.25) is 4.79 Å². The molecule has 2 unspecified atom stereocenters. The van der Waals surface area contributed by atoms with Gasteiger partial charge >= 0.3 is 6.09 Å². The molecule has 7 nitrogen and oxygen atoms in total. The molecule has 1 rings (SSSR count). The highest BCUT2D eigenvalue weighted by Gasteiger charge is 2.22. The monoisotopic (exact) mass is 675 g/mol. The second-order valence-corrected chi connectivity index (χ2v) is 13.7. The molecule has 3 N–H and O–H groups in total. The number of rotatable bonds is 35. The van der Waals surface area contributed by atoms with Gasteiger partial charge in [-0.25, -0.2) is 4.79 Å². The van der Waals surface area contributed by atoms with Crippen molar-refractivity contribution >= 4 is 12.0 Å². The second-order valence-electron chi connectivity index (χ2n) is 13.7. The van der Waals surface area contributed by atoms with Crippen molar-refractivity contribution < 1.29 is 24.2 Å². The Morgan fingerprint density at radius 3 is 1.48 bits per heavy atom. The summed E-state index contributed by atoms with van der Waals surface area (Å²) in [4.78, 5) is 24.4. The van der Waals surface area contributed by atoms with Crippen molar-refractivity contribution in [3.05, 3.63) is 35.9 Å². The average Bonchev–Trinajstić information content (AvgIpc) is 3.09. The van der Waals surface area contributed by atoms with E-state index in [2.05, 4.69) is 24.5 Å². The van der Waals surface area contributed by atoms with E-state index in [-0.39, 0.29) is 18.6 Å². The van der Waals surface area contributed by atoms with E-state index in [0.717, 1.165) is 24.8 Å². The third kappa shape index (κ3) is 26.8. The van der Waals surface area contributed by atoms with Gasteiger partial charge in [0.2, 0.25) is 5.91 Å². The first kappa shape index (κ1) is 43.9. The van der Waals surface area contributed by atoms with E-state index in [4.69, 9.17) is 14.6 Å². The Hall–Kier alpha value is -2.12. The highest BCUT2D eigenvalue weighted by Crippen LogP contribution is 2.16. The molecule has 0 aromatic heterocycles. The topological polar surface area (TPSA) is 96.9 Å². The molecule has 0 aliphatic heterocycles. The van der Waals surface area contributed by atoms with Gasteiger partial charge in [-0.15, -0.1) is 0 Å².